The van der Waals surface area contributed by atoms with Crippen LogP contribution in [0.15, 0.2) is 18.2 Å². The van der Waals surface area contributed by atoms with E-state index < -0.39 is 0 Å². The highest BCUT2D eigenvalue weighted by Crippen LogP contribution is 2.33. The molecule has 0 aliphatic heterocycles. The summed E-state index contributed by atoms with van der Waals surface area (Å²) in [5.41, 5.74) is 0.649. The molecule has 116 valence electrons. The van der Waals surface area contributed by atoms with Gasteiger partial charge in [0.1, 0.15) is 5.75 Å². The van der Waals surface area contributed by atoms with Gasteiger partial charge in [0.05, 0.1) is 5.02 Å². The van der Waals surface area contributed by atoms with Crippen LogP contribution in [0.2, 0.25) is 5.02 Å². The van der Waals surface area contributed by atoms with E-state index in [1.807, 2.05) is 0 Å². The van der Waals surface area contributed by atoms with Crippen molar-refractivity contribution in [1.29, 1.82) is 0 Å². The lowest BCUT2D eigenvalue weighted by atomic mass is 9.79. The van der Waals surface area contributed by atoms with E-state index in [2.05, 4.69) is 12.2 Å². The minimum absolute atomic E-state index is 0.0334. The molecule has 0 bridgehead atoms. The van der Waals surface area contributed by atoms with Crippen LogP contribution in [-0.2, 0) is 4.79 Å². The summed E-state index contributed by atoms with van der Waals surface area (Å²) >= 11 is 5.85. The second kappa shape index (κ2) is 7.69. The molecule has 21 heavy (non-hydrogen) atoms. The molecule has 0 atom stereocenters. The Morgan fingerprint density at radius 1 is 1.33 bits per heavy atom. The van der Waals surface area contributed by atoms with Crippen LogP contribution in [0.4, 0.5) is 5.69 Å². The van der Waals surface area contributed by atoms with Crippen molar-refractivity contribution in [3.05, 3.63) is 23.2 Å². The fourth-order valence-corrected chi connectivity index (χ4v) is 3.22. The first kappa shape index (κ1) is 16.2. The molecule has 0 radical (unpaired) electrons. The number of carbonyl (C=O) groups is 1. The molecule has 2 N–H and O–H groups in total. The fourth-order valence-electron chi connectivity index (χ4n) is 3.04. The molecule has 0 heterocycles. The van der Waals surface area contributed by atoms with Crippen LogP contribution in [-0.4, -0.2) is 11.0 Å². The Hall–Kier alpha value is -1.22. The number of hydrogen-bond acceptors (Lipinski definition) is 2. The zero-order chi connectivity index (χ0) is 15.2. The monoisotopic (exact) mass is 309 g/mol. The number of unbranched alkanes of at least 4 members (excludes halogenated alkanes) is 1. The fraction of sp³-hybridized carbons (Fsp3) is 0.588. The average Bonchev–Trinajstić information content (AvgIpc) is 2.49. The van der Waals surface area contributed by atoms with Gasteiger partial charge in [0.2, 0.25) is 5.91 Å². The third kappa shape index (κ3) is 4.63. The van der Waals surface area contributed by atoms with Gasteiger partial charge in [-0.05, 0) is 49.8 Å². The predicted octanol–water partition coefficient (Wildman–Crippen LogP) is 4.98. The van der Waals surface area contributed by atoms with Gasteiger partial charge in [-0.3, -0.25) is 4.79 Å². The van der Waals surface area contributed by atoms with Crippen LogP contribution in [0.1, 0.15) is 51.9 Å². The molecule has 0 aromatic heterocycles. The number of halogens is 1. The van der Waals surface area contributed by atoms with Gasteiger partial charge in [0.15, 0.2) is 0 Å². The lowest BCUT2D eigenvalue weighted by Crippen LogP contribution is -2.27. The van der Waals surface area contributed by atoms with Crippen molar-refractivity contribution < 1.29 is 9.90 Å². The van der Waals surface area contributed by atoms with Crippen molar-refractivity contribution in [2.45, 2.75) is 51.9 Å². The Labute approximate surface area is 131 Å². The zero-order valence-corrected chi connectivity index (χ0v) is 13.3. The van der Waals surface area contributed by atoms with Gasteiger partial charge < -0.3 is 10.4 Å². The summed E-state index contributed by atoms with van der Waals surface area (Å²) in [6, 6.07) is 4.76. The van der Waals surface area contributed by atoms with Crippen molar-refractivity contribution in [1.82, 2.24) is 0 Å². The topological polar surface area (TPSA) is 49.3 Å². The minimum Gasteiger partial charge on any atom is -0.506 e. The number of anilines is 1. The number of hydrogen-bond donors (Lipinski definition) is 2. The molecule has 2 rings (SSSR count). The average molecular weight is 310 g/mol. The summed E-state index contributed by atoms with van der Waals surface area (Å²) in [6.45, 7) is 2.22. The zero-order valence-electron chi connectivity index (χ0n) is 12.6. The van der Waals surface area contributed by atoms with Crippen molar-refractivity contribution >= 4 is 23.2 Å². The third-order valence-corrected chi connectivity index (χ3v) is 4.70. The number of aromatic hydroxyl groups is 1. The molecule has 1 amide bonds. The van der Waals surface area contributed by atoms with Gasteiger partial charge in [-0.2, -0.15) is 0 Å². The van der Waals surface area contributed by atoms with E-state index in [0.29, 0.717) is 5.69 Å². The number of phenols is 1. The highest BCUT2D eigenvalue weighted by atomic mass is 35.5. The number of nitrogens with one attached hydrogen (secondary N) is 1. The number of benzene rings is 1. The Balaban J connectivity index is 1.83. The first-order valence-electron chi connectivity index (χ1n) is 7.89. The maximum atomic E-state index is 12.3. The summed E-state index contributed by atoms with van der Waals surface area (Å²) < 4.78 is 0. The molecule has 1 aromatic rings. The molecule has 1 aliphatic rings. The van der Waals surface area contributed by atoms with Crippen molar-refractivity contribution in [2.24, 2.45) is 11.8 Å². The molecule has 1 fully saturated rings. The second-order valence-electron chi connectivity index (χ2n) is 6.02. The van der Waals surface area contributed by atoms with E-state index in [1.165, 1.54) is 25.3 Å². The molecular weight excluding hydrogens is 286 g/mol. The molecule has 1 aromatic carbocycles. The lowest BCUT2D eigenvalue weighted by molar-refractivity contribution is -0.121. The van der Waals surface area contributed by atoms with Crippen LogP contribution in [0.25, 0.3) is 0 Å². The van der Waals surface area contributed by atoms with Gasteiger partial charge in [-0.25, -0.2) is 0 Å². The van der Waals surface area contributed by atoms with Gasteiger partial charge in [-0.15, -0.1) is 0 Å². The van der Waals surface area contributed by atoms with Crippen molar-refractivity contribution in [3.63, 3.8) is 0 Å². The summed E-state index contributed by atoms with van der Waals surface area (Å²) in [7, 11) is 0. The summed E-state index contributed by atoms with van der Waals surface area (Å²) in [5, 5.41) is 12.5. The Morgan fingerprint density at radius 2 is 2.05 bits per heavy atom. The van der Waals surface area contributed by atoms with Crippen LogP contribution >= 0.6 is 11.6 Å². The highest BCUT2D eigenvalue weighted by molar-refractivity contribution is 6.32. The molecule has 1 saturated carbocycles. The molecule has 4 heteroatoms. The van der Waals surface area contributed by atoms with E-state index in [-0.39, 0.29) is 22.6 Å². The lowest BCUT2D eigenvalue weighted by Gasteiger charge is -2.27. The Morgan fingerprint density at radius 3 is 2.67 bits per heavy atom. The normalized spacial score (nSPS) is 22.0. The molecule has 0 saturated heterocycles. The first-order valence-corrected chi connectivity index (χ1v) is 8.27. The summed E-state index contributed by atoms with van der Waals surface area (Å²) in [4.78, 5) is 12.3. The minimum atomic E-state index is 0.0334. The third-order valence-electron chi connectivity index (χ3n) is 4.40. The summed E-state index contributed by atoms with van der Waals surface area (Å²) in [6.07, 6.45) is 8.13. The van der Waals surface area contributed by atoms with E-state index in [9.17, 15) is 9.90 Å². The first-order chi connectivity index (χ1) is 10.1. The highest BCUT2D eigenvalue weighted by Gasteiger charge is 2.26. The maximum Gasteiger partial charge on any atom is 0.227 e. The van der Waals surface area contributed by atoms with E-state index in [0.717, 1.165) is 31.6 Å². The van der Waals surface area contributed by atoms with Gasteiger partial charge in [0, 0.05) is 11.6 Å². The largest absolute Gasteiger partial charge is 0.506 e. The smallest absolute Gasteiger partial charge is 0.227 e. The molecule has 1 aliphatic carbocycles. The molecule has 3 nitrogen and oxygen atoms in total. The standard InChI is InChI=1S/C17H24ClNO2/c1-2-3-4-12-5-7-13(8-6-12)17(21)19-14-9-10-16(20)15(18)11-14/h9-13,20H,2-8H2,1H3,(H,19,21). The number of rotatable bonds is 5. The number of phenolic OH excluding ortho intramolecular Hbond substituents is 1. The second-order valence-corrected chi connectivity index (χ2v) is 6.42. The maximum absolute atomic E-state index is 12.3. The number of amides is 1. The Kier molecular flexibility index (Phi) is 5.92. The van der Waals surface area contributed by atoms with E-state index in [4.69, 9.17) is 11.6 Å². The van der Waals surface area contributed by atoms with E-state index >= 15 is 0 Å². The van der Waals surface area contributed by atoms with Gasteiger partial charge in [-0.1, -0.05) is 37.8 Å². The predicted molar refractivity (Wildman–Crippen MR) is 86.7 cm³/mol. The molecule has 0 unspecified atom stereocenters. The van der Waals surface area contributed by atoms with Gasteiger partial charge >= 0.3 is 0 Å². The number of carbonyl (C=O) groups excluding carboxylic acids is 1. The van der Waals surface area contributed by atoms with Crippen LogP contribution in [0, 0.1) is 11.8 Å². The van der Waals surface area contributed by atoms with Crippen LogP contribution in [0.5, 0.6) is 5.75 Å². The van der Waals surface area contributed by atoms with Crippen LogP contribution < -0.4 is 5.32 Å². The van der Waals surface area contributed by atoms with Crippen molar-refractivity contribution in [2.75, 3.05) is 5.32 Å². The van der Waals surface area contributed by atoms with Crippen molar-refractivity contribution in [3.8, 4) is 5.75 Å². The van der Waals surface area contributed by atoms with E-state index in [1.54, 1.807) is 12.1 Å². The van der Waals surface area contributed by atoms with Crippen LogP contribution in [0.3, 0.4) is 0 Å². The SMILES string of the molecule is CCCCC1CCC(C(=O)Nc2ccc(O)c(Cl)c2)CC1. The summed E-state index contributed by atoms with van der Waals surface area (Å²) in [5.74, 6) is 1.02. The Bertz CT molecular complexity index is 482. The molecule has 0 spiro atoms. The quantitative estimate of drug-likeness (QED) is 0.753. The molecular formula is C17H24ClNO2. The van der Waals surface area contributed by atoms with Gasteiger partial charge in [0.25, 0.3) is 0 Å².